The zero-order valence-corrected chi connectivity index (χ0v) is 25.5. The van der Waals surface area contributed by atoms with Crippen molar-refractivity contribution in [1.29, 1.82) is 0 Å². The lowest BCUT2D eigenvalue weighted by Gasteiger charge is -2.28. The van der Waals surface area contributed by atoms with E-state index < -0.39 is 15.6 Å². The molecule has 4 rings (SSSR count). The number of thiazole rings is 1. The van der Waals surface area contributed by atoms with Gasteiger partial charge in [-0.2, -0.15) is 0 Å². The van der Waals surface area contributed by atoms with Crippen LogP contribution in [0.2, 0.25) is 0 Å². The second kappa shape index (κ2) is 11.9. The molecule has 0 unspecified atom stereocenters. The molecular weight excluding hydrogens is 550 g/mol. The molecule has 1 fully saturated rings. The molecule has 2 amide bonds. The summed E-state index contributed by atoms with van der Waals surface area (Å²) in [6.45, 7) is 11.4. The molecule has 40 heavy (non-hydrogen) atoms. The van der Waals surface area contributed by atoms with Crippen molar-refractivity contribution in [1.82, 2.24) is 25.3 Å². The number of sulfonamides is 1. The van der Waals surface area contributed by atoms with E-state index in [4.69, 9.17) is 9.72 Å². The average Bonchev–Trinajstić information content (AvgIpc) is 3.49. The fraction of sp³-hybridized carbons (Fsp3) is 0.536. The van der Waals surface area contributed by atoms with E-state index in [0.29, 0.717) is 23.3 Å². The number of carbonyl (C=O) groups excluding carboxylic acids is 2. The highest BCUT2D eigenvalue weighted by atomic mass is 32.2. The number of nitrogens with one attached hydrogen (secondary N) is 4. The highest BCUT2D eigenvalue weighted by molar-refractivity contribution is 7.89. The minimum Gasteiger partial charge on any atom is -0.447 e. The molecule has 0 saturated heterocycles. The lowest BCUT2D eigenvalue weighted by molar-refractivity contribution is 0.0951. The highest BCUT2D eigenvalue weighted by Gasteiger charge is 2.29. The van der Waals surface area contributed by atoms with Gasteiger partial charge in [0.25, 0.3) is 5.91 Å². The summed E-state index contributed by atoms with van der Waals surface area (Å²) in [6.07, 6.45) is 4.55. The van der Waals surface area contributed by atoms with Crippen LogP contribution in [-0.2, 0) is 14.8 Å². The third kappa shape index (κ3) is 7.21. The monoisotopic (exact) mass is 589 g/mol. The van der Waals surface area contributed by atoms with Crippen LogP contribution in [0.15, 0.2) is 29.3 Å². The number of fused-ring (bicyclic) bond motifs is 1. The number of aromatic amines is 1. The van der Waals surface area contributed by atoms with Gasteiger partial charge in [-0.1, -0.05) is 0 Å². The number of carbonyl (C=O) groups is 2. The molecule has 1 aliphatic rings. The van der Waals surface area contributed by atoms with Crippen LogP contribution in [0.1, 0.15) is 88.6 Å². The van der Waals surface area contributed by atoms with Gasteiger partial charge in [-0.3, -0.25) is 4.79 Å². The van der Waals surface area contributed by atoms with Crippen molar-refractivity contribution in [2.45, 2.75) is 95.7 Å². The summed E-state index contributed by atoms with van der Waals surface area (Å²) in [5.41, 5.74) is 0.793. The highest BCUT2D eigenvalue weighted by Crippen LogP contribution is 2.40. The molecule has 12 heteroatoms. The van der Waals surface area contributed by atoms with Crippen LogP contribution in [0.5, 0.6) is 0 Å². The smallest absolute Gasteiger partial charge is 0.407 e. The SMILES string of the molecule is CCNC(=O)c1cc2cc(-c3cnc([C@H]4CC[C@H](NC(=O)OC(C)C)CC4)s3)c(S(=O)(=O)NC(C)(C)C)cc2[nH]1. The van der Waals surface area contributed by atoms with Crippen LogP contribution in [0.25, 0.3) is 21.3 Å². The summed E-state index contributed by atoms with van der Waals surface area (Å²) < 4.78 is 35.1. The third-order valence-corrected chi connectivity index (χ3v) is 9.55. The zero-order valence-electron chi connectivity index (χ0n) is 23.9. The van der Waals surface area contributed by atoms with E-state index in [1.165, 1.54) is 11.3 Å². The summed E-state index contributed by atoms with van der Waals surface area (Å²) in [5.74, 6) is -0.0221. The van der Waals surface area contributed by atoms with Crippen molar-refractivity contribution in [3.05, 3.63) is 35.1 Å². The van der Waals surface area contributed by atoms with Gasteiger partial charge in [0.2, 0.25) is 10.0 Å². The Bertz CT molecular complexity index is 1480. The Morgan fingerprint density at radius 1 is 1.15 bits per heavy atom. The van der Waals surface area contributed by atoms with Crippen LogP contribution < -0.4 is 15.4 Å². The summed E-state index contributed by atoms with van der Waals surface area (Å²) in [5, 5.41) is 7.40. The number of alkyl carbamates (subject to hydrolysis) is 1. The van der Waals surface area contributed by atoms with Gasteiger partial charge in [-0.05, 0) is 85.4 Å². The molecule has 2 aromatic heterocycles. The second-order valence-electron chi connectivity index (χ2n) is 11.5. The molecule has 1 saturated carbocycles. The van der Waals surface area contributed by atoms with Crippen molar-refractivity contribution in [3.63, 3.8) is 0 Å². The lowest BCUT2D eigenvalue weighted by atomic mass is 9.86. The number of benzene rings is 1. The van der Waals surface area contributed by atoms with Gasteiger partial charge in [-0.25, -0.2) is 22.9 Å². The van der Waals surface area contributed by atoms with Gasteiger partial charge in [0.1, 0.15) is 5.69 Å². The third-order valence-electron chi connectivity index (χ3n) is 6.56. The molecule has 1 aliphatic carbocycles. The largest absolute Gasteiger partial charge is 0.447 e. The number of rotatable bonds is 8. The maximum atomic E-state index is 13.6. The summed E-state index contributed by atoms with van der Waals surface area (Å²) in [4.78, 5) is 33.0. The predicted octanol–water partition coefficient (Wildman–Crippen LogP) is 5.28. The summed E-state index contributed by atoms with van der Waals surface area (Å²) in [7, 11) is -3.90. The van der Waals surface area contributed by atoms with E-state index >= 15 is 0 Å². The molecule has 1 aromatic carbocycles. The number of ether oxygens (including phenoxy) is 1. The molecular formula is C28H39N5O5S2. The summed E-state index contributed by atoms with van der Waals surface area (Å²) >= 11 is 1.49. The van der Waals surface area contributed by atoms with Crippen molar-refractivity contribution in [2.24, 2.45) is 0 Å². The van der Waals surface area contributed by atoms with E-state index in [2.05, 4.69) is 20.3 Å². The van der Waals surface area contributed by atoms with Gasteiger partial charge in [0.15, 0.2) is 0 Å². The van der Waals surface area contributed by atoms with E-state index in [-0.39, 0.29) is 35.0 Å². The number of aromatic nitrogens is 2. The minimum absolute atomic E-state index is 0.0669. The number of amides is 2. The Labute approximate surface area is 239 Å². The first-order valence-corrected chi connectivity index (χ1v) is 16.0. The fourth-order valence-corrected chi connectivity index (χ4v) is 7.74. The van der Waals surface area contributed by atoms with Crippen molar-refractivity contribution < 1.29 is 22.7 Å². The number of hydrogen-bond donors (Lipinski definition) is 4. The fourth-order valence-electron chi connectivity index (χ4n) is 4.91. The maximum Gasteiger partial charge on any atom is 0.407 e. The molecule has 0 atom stereocenters. The first kappa shape index (κ1) is 30.0. The van der Waals surface area contributed by atoms with Gasteiger partial charge in [-0.15, -0.1) is 11.3 Å². The van der Waals surface area contributed by atoms with Crippen LogP contribution >= 0.6 is 11.3 Å². The quantitative estimate of drug-likeness (QED) is 0.282. The Morgan fingerprint density at radius 2 is 1.85 bits per heavy atom. The standard InChI is InChI=1S/C28H39N5O5S2/c1-7-29-25(34)22-13-18-12-20(24(14-21(18)32-22)40(36,37)33-28(4,5)6)23-15-30-26(39-23)17-8-10-19(11-9-17)31-27(35)38-16(2)3/h12-17,19,32-33H,7-11H2,1-6H3,(H,29,34)(H,31,35)/t17-,19-. The van der Waals surface area contributed by atoms with Gasteiger partial charge in [0, 0.05) is 46.7 Å². The molecule has 0 aliphatic heterocycles. The number of hydrogen-bond acceptors (Lipinski definition) is 7. The minimum atomic E-state index is -3.90. The van der Waals surface area contributed by atoms with Crippen molar-refractivity contribution >= 4 is 44.3 Å². The molecule has 0 spiro atoms. The second-order valence-corrected chi connectivity index (χ2v) is 14.3. The first-order valence-electron chi connectivity index (χ1n) is 13.7. The molecule has 3 aromatic rings. The van der Waals surface area contributed by atoms with Crippen LogP contribution in [-0.4, -0.2) is 54.6 Å². The lowest BCUT2D eigenvalue weighted by Crippen LogP contribution is -2.40. The van der Waals surface area contributed by atoms with Crippen LogP contribution in [0.3, 0.4) is 0 Å². The molecule has 2 heterocycles. The van der Waals surface area contributed by atoms with Gasteiger partial charge in [0.05, 0.1) is 20.9 Å². The summed E-state index contributed by atoms with van der Waals surface area (Å²) in [6, 6.07) is 5.20. The predicted molar refractivity (Wildman–Crippen MR) is 157 cm³/mol. The molecule has 0 bridgehead atoms. The van der Waals surface area contributed by atoms with Crippen molar-refractivity contribution in [3.8, 4) is 10.4 Å². The van der Waals surface area contributed by atoms with E-state index in [1.807, 2.05) is 26.8 Å². The zero-order chi connectivity index (χ0) is 29.2. The molecule has 10 nitrogen and oxygen atoms in total. The van der Waals surface area contributed by atoms with Crippen molar-refractivity contribution in [2.75, 3.05) is 6.54 Å². The maximum absolute atomic E-state index is 13.6. The molecule has 4 N–H and O–H groups in total. The molecule has 0 radical (unpaired) electrons. The van der Waals surface area contributed by atoms with E-state index in [1.54, 1.807) is 39.1 Å². The van der Waals surface area contributed by atoms with Gasteiger partial charge >= 0.3 is 6.09 Å². The number of nitrogens with zero attached hydrogens (tertiary/aromatic N) is 1. The topological polar surface area (TPSA) is 142 Å². The first-order chi connectivity index (χ1) is 18.8. The normalized spacial score (nSPS) is 18.2. The van der Waals surface area contributed by atoms with Crippen LogP contribution in [0.4, 0.5) is 4.79 Å². The Kier molecular flexibility index (Phi) is 8.91. The Balaban J connectivity index is 1.63. The average molecular weight is 590 g/mol. The Hall–Kier alpha value is -2.96. The molecule has 218 valence electrons. The van der Waals surface area contributed by atoms with Gasteiger partial charge < -0.3 is 20.4 Å². The number of H-pyrrole nitrogens is 1. The van der Waals surface area contributed by atoms with E-state index in [9.17, 15) is 18.0 Å². The van der Waals surface area contributed by atoms with E-state index in [0.717, 1.165) is 41.0 Å². The Morgan fingerprint density at radius 3 is 2.48 bits per heavy atom. The van der Waals surface area contributed by atoms with Crippen LogP contribution in [0, 0.1) is 0 Å².